The van der Waals surface area contributed by atoms with Crippen molar-refractivity contribution in [3.63, 3.8) is 0 Å². The lowest BCUT2D eigenvalue weighted by molar-refractivity contribution is -0.144. The number of alkyl halides is 1. The molecule has 5 nitrogen and oxygen atoms in total. The van der Waals surface area contributed by atoms with Gasteiger partial charge in [-0.25, -0.2) is 4.79 Å². The van der Waals surface area contributed by atoms with E-state index >= 15 is 0 Å². The summed E-state index contributed by atoms with van der Waals surface area (Å²) < 4.78 is 10.1. The van der Waals surface area contributed by atoms with Crippen LogP contribution in [0.3, 0.4) is 0 Å². The van der Waals surface area contributed by atoms with E-state index in [4.69, 9.17) is 21.1 Å². The number of hydrogen-bond acceptors (Lipinski definition) is 4. The lowest BCUT2D eigenvalue weighted by atomic mass is 10.2. The monoisotopic (exact) mass is 275 g/mol. The highest BCUT2D eigenvalue weighted by Gasteiger charge is 2.63. The van der Waals surface area contributed by atoms with Crippen molar-refractivity contribution in [1.82, 2.24) is 4.90 Å². The summed E-state index contributed by atoms with van der Waals surface area (Å²) in [6.45, 7) is 6.12. The minimum Gasteiger partial charge on any atom is -0.449 e. The number of fused-ring (bicyclic) bond motifs is 1. The van der Waals surface area contributed by atoms with Gasteiger partial charge in [-0.15, -0.1) is 0 Å². The fourth-order valence-electron chi connectivity index (χ4n) is 2.57. The molecule has 1 aliphatic carbocycles. The van der Waals surface area contributed by atoms with E-state index in [0.717, 1.165) is 6.42 Å². The predicted octanol–water partition coefficient (Wildman–Crippen LogP) is 1.98. The van der Waals surface area contributed by atoms with Gasteiger partial charge in [0.1, 0.15) is 5.60 Å². The van der Waals surface area contributed by atoms with Gasteiger partial charge in [0.2, 0.25) is 0 Å². The van der Waals surface area contributed by atoms with Gasteiger partial charge in [-0.05, 0) is 33.1 Å². The standard InChI is InChI=1S/C12H18ClNO4/c1-12(2,3)18-11(16)14-5-4-7-8(9(7)14)10(15)17-6-13/h7-9H,4-6H2,1-3H3/t7-,8-,9-/m0/s1. The highest BCUT2D eigenvalue weighted by molar-refractivity contribution is 6.17. The lowest BCUT2D eigenvalue weighted by Crippen LogP contribution is -2.38. The molecule has 0 unspecified atom stereocenters. The molecule has 1 amide bonds. The van der Waals surface area contributed by atoms with E-state index in [1.807, 2.05) is 20.8 Å². The molecule has 0 bridgehead atoms. The van der Waals surface area contributed by atoms with Gasteiger partial charge >= 0.3 is 12.1 Å². The van der Waals surface area contributed by atoms with Crippen molar-refractivity contribution in [2.45, 2.75) is 38.8 Å². The molecule has 0 N–H and O–H groups in total. The Morgan fingerprint density at radius 2 is 2.06 bits per heavy atom. The third-order valence-corrected chi connectivity index (χ3v) is 3.40. The molecule has 0 aromatic heterocycles. The molecule has 2 fully saturated rings. The van der Waals surface area contributed by atoms with Gasteiger partial charge in [-0.2, -0.15) is 0 Å². The largest absolute Gasteiger partial charge is 0.449 e. The van der Waals surface area contributed by atoms with Crippen LogP contribution in [0.2, 0.25) is 0 Å². The average molecular weight is 276 g/mol. The second-order valence-corrected chi connectivity index (χ2v) is 5.93. The number of halogens is 1. The molecule has 2 aliphatic rings. The summed E-state index contributed by atoms with van der Waals surface area (Å²) in [6.07, 6.45) is 0.475. The van der Waals surface area contributed by atoms with Gasteiger partial charge in [0.15, 0.2) is 6.07 Å². The summed E-state index contributed by atoms with van der Waals surface area (Å²) in [5.74, 6) is -0.313. The number of nitrogens with zero attached hydrogens (tertiary/aromatic N) is 1. The molecule has 1 heterocycles. The van der Waals surface area contributed by atoms with Gasteiger partial charge in [0, 0.05) is 6.54 Å². The Morgan fingerprint density at radius 3 is 2.61 bits per heavy atom. The van der Waals surface area contributed by atoms with Crippen LogP contribution >= 0.6 is 11.6 Å². The summed E-state index contributed by atoms with van der Waals surface area (Å²) in [7, 11) is 0. The van der Waals surface area contributed by atoms with E-state index in [1.165, 1.54) is 0 Å². The van der Waals surface area contributed by atoms with Crippen molar-refractivity contribution in [2.75, 3.05) is 12.6 Å². The zero-order chi connectivity index (χ0) is 13.5. The maximum absolute atomic E-state index is 11.9. The van der Waals surface area contributed by atoms with Crippen molar-refractivity contribution in [3.05, 3.63) is 0 Å². The molecule has 1 saturated heterocycles. The van der Waals surface area contributed by atoms with Gasteiger partial charge in [0.25, 0.3) is 0 Å². The van der Waals surface area contributed by atoms with Crippen molar-refractivity contribution in [1.29, 1.82) is 0 Å². The number of carbonyl (C=O) groups excluding carboxylic acids is 2. The maximum Gasteiger partial charge on any atom is 0.410 e. The third-order valence-electron chi connectivity index (χ3n) is 3.29. The van der Waals surface area contributed by atoms with Crippen LogP contribution in [0.25, 0.3) is 0 Å². The van der Waals surface area contributed by atoms with E-state index in [-0.39, 0.29) is 36.0 Å². The number of ether oxygens (including phenoxy) is 2. The van der Waals surface area contributed by atoms with E-state index in [0.29, 0.717) is 6.54 Å². The molecule has 2 rings (SSSR count). The molecular formula is C12H18ClNO4. The van der Waals surface area contributed by atoms with E-state index in [9.17, 15) is 9.59 Å². The zero-order valence-corrected chi connectivity index (χ0v) is 11.6. The Morgan fingerprint density at radius 1 is 1.39 bits per heavy atom. The minimum atomic E-state index is -0.518. The van der Waals surface area contributed by atoms with Gasteiger partial charge < -0.3 is 14.4 Å². The van der Waals surface area contributed by atoms with Crippen LogP contribution in [0.4, 0.5) is 4.79 Å². The smallest absolute Gasteiger partial charge is 0.410 e. The molecule has 1 aliphatic heterocycles. The first-order valence-corrected chi connectivity index (χ1v) is 6.61. The van der Waals surface area contributed by atoms with Crippen LogP contribution in [0, 0.1) is 11.8 Å². The molecule has 1 saturated carbocycles. The topological polar surface area (TPSA) is 55.8 Å². The summed E-state index contributed by atoms with van der Waals surface area (Å²) in [6, 6.07) is -0.197. The highest BCUT2D eigenvalue weighted by Crippen LogP contribution is 2.51. The number of carbonyl (C=O) groups is 2. The highest BCUT2D eigenvalue weighted by atomic mass is 35.5. The van der Waals surface area contributed by atoms with Crippen LogP contribution in [-0.4, -0.2) is 41.2 Å². The molecule has 0 aromatic carbocycles. The first kappa shape index (κ1) is 13.5. The minimum absolute atomic E-state index is 0.0597. The Kier molecular flexibility index (Phi) is 3.45. The van der Waals surface area contributed by atoms with Crippen LogP contribution in [0.1, 0.15) is 27.2 Å². The second kappa shape index (κ2) is 4.61. The third kappa shape index (κ3) is 2.55. The predicted molar refractivity (Wildman–Crippen MR) is 65.1 cm³/mol. The summed E-state index contributed by atoms with van der Waals surface area (Å²) in [5, 5.41) is 0. The lowest BCUT2D eigenvalue weighted by Gasteiger charge is -2.25. The maximum atomic E-state index is 11.9. The molecule has 102 valence electrons. The van der Waals surface area contributed by atoms with E-state index in [1.54, 1.807) is 4.90 Å². The van der Waals surface area contributed by atoms with Gasteiger partial charge in [-0.1, -0.05) is 11.6 Å². The first-order valence-electron chi connectivity index (χ1n) is 6.07. The van der Waals surface area contributed by atoms with Crippen LogP contribution in [0.15, 0.2) is 0 Å². The number of amides is 1. The van der Waals surface area contributed by atoms with Gasteiger partial charge in [0.05, 0.1) is 12.0 Å². The van der Waals surface area contributed by atoms with Crippen LogP contribution < -0.4 is 0 Å². The molecule has 18 heavy (non-hydrogen) atoms. The first-order chi connectivity index (χ1) is 8.35. The van der Waals surface area contributed by atoms with Crippen molar-refractivity contribution < 1.29 is 19.1 Å². The Hall–Kier alpha value is -0.970. The van der Waals surface area contributed by atoms with E-state index < -0.39 is 5.60 Å². The van der Waals surface area contributed by atoms with Crippen molar-refractivity contribution in [3.8, 4) is 0 Å². The number of likely N-dealkylation sites (tertiary alicyclic amines) is 1. The fourth-order valence-corrected chi connectivity index (χ4v) is 2.67. The quantitative estimate of drug-likeness (QED) is 0.571. The second-order valence-electron chi connectivity index (χ2n) is 5.72. The summed E-state index contributed by atoms with van der Waals surface area (Å²) in [5.41, 5.74) is -0.518. The summed E-state index contributed by atoms with van der Waals surface area (Å²) in [4.78, 5) is 25.2. The average Bonchev–Trinajstić information content (AvgIpc) is 2.77. The molecule has 6 heteroatoms. The number of esters is 1. The number of rotatable bonds is 2. The number of piperidine rings is 1. The molecule has 3 atom stereocenters. The Labute approximate surface area is 111 Å². The van der Waals surface area contributed by atoms with Crippen molar-refractivity contribution >= 4 is 23.7 Å². The Balaban J connectivity index is 1.93. The SMILES string of the molecule is CC(C)(C)OC(=O)N1CC[C@H]2[C@H](C(=O)OCCl)[C@H]21. The van der Waals surface area contributed by atoms with E-state index in [2.05, 4.69) is 0 Å². The molecule has 0 spiro atoms. The fraction of sp³-hybridized carbons (Fsp3) is 0.833. The molecule has 0 aromatic rings. The number of hydrogen-bond donors (Lipinski definition) is 0. The van der Waals surface area contributed by atoms with Crippen LogP contribution in [-0.2, 0) is 14.3 Å². The molecular weight excluding hydrogens is 258 g/mol. The molecule has 0 radical (unpaired) electrons. The van der Waals surface area contributed by atoms with Crippen molar-refractivity contribution in [2.24, 2.45) is 11.8 Å². The summed E-state index contributed by atoms with van der Waals surface area (Å²) >= 11 is 5.36. The zero-order valence-electron chi connectivity index (χ0n) is 10.8. The Bertz CT molecular complexity index is 366. The normalized spacial score (nSPS) is 29.8. The van der Waals surface area contributed by atoms with Gasteiger partial charge in [-0.3, -0.25) is 4.79 Å². The van der Waals surface area contributed by atoms with Crippen LogP contribution in [0.5, 0.6) is 0 Å².